The molecule has 1 fully saturated rings. The highest BCUT2D eigenvalue weighted by Crippen LogP contribution is 2.21. The summed E-state index contributed by atoms with van der Waals surface area (Å²) >= 11 is 7.54. The molecule has 1 aromatic heterocycles. The molecule has 0 saturated carbocycles. The normalized spacial score (nSPS) is 20.8. The van der Waals surface area contributed by atoms with Gasteiger partial charge in [-0.3, -0.25) is 0 Å². The summed E-state index contributed by atoms with van der Waals surface area (Å²) in [6.45, 7) is 4.84. The Kier molecular flexibility index (Phi) is 6.62. The van der Waals surface area contributed by atoms with Gasteiger partial charge in [0, 0.05) is 17.8 Å². The first-order chi connectivity index (χ1) is 9.33. The number of nitrogens with zero attached hydrogens (tertiary/aromatic N) is 2. The van der Waals surface area contributed by atoms with Crippen LogP contribution in [0.3, 0.4) is 0 Å². The molecule has 108 valence electrons. The van der Waals surface area contributed by atoms with Crippen molar-refractivity contribution in [1.29, 1.82) is 0 Å². The van der Waals surface area contributed by atoms with Gasteiger partial charge in [0.1, 0.15) is 0 Å². The average Bonchev–Trinajstić information content (AvgIpc) is 2.89. The molecule has 2 heterocycles. The minimum Gasteiger partial charge on any atom is -0.300 e. The molecule has 2 nitrogen and oxygen atoms in total. The van der Waals surface area contributed by atoms with Gasteiger partial charge in [-0.1, -0.05) is 19.8 Å². The first-order valence-electron chi connectivity index (χ1n) is 7.56. The lowest BCUT2D eigenvalue weighted by Crippen LogP contribution is -2.40. The second kappa shape index (κ2) is 8.23. The number of likely N-dealkylation sites (tertiary alicyclic amines) is 1. The van der Waals surface area contributed by atoms with Crippen molar-refractivity contribution < 1.29 is 0 Å². The Hall–Kier alpha value is -0.120. The zero-order valence-electron chi connectivity index (χ0n) is 11.9. The Morgan fingerprint density at radius 3 is 3.11 bits per heavy atom. The van der Waals surface area contributed by atoms with Gasteiger partial charge in [-0.15, -0.1) is 22.9 Å². The zero-order valence-corrected chi connectivity index (χ0v) is 13.5. The molecule has 4 heteroatoms. The van der Waals surface area contributed by atoms with E-state index in [1.54, 1.807) is 11.3 Å². The van der Waals surface area contributed by atoms with Crippen LogP contribution in [0.2, 0.25) is 0 Å². The number of aryl methyl sites for hydroxylation is 1. The summed E-state index contributed by atoms with van der Waals surface area (Å²) in [7, 11) is 0. The molecule has 1 aromatic rings. The molecule has 0 radical (unpaired) electrons. The Morgan fingerprint density at radius 2 is 2.37 bits per heavy atom. The van der Waals surface area contributed by atoms with Crippen LogP contribution in [0, 0.1) is 0 Å². The van der Waals surface area contributed by atoms with Crippen molar-refractivity contribution in [1.82, 2.24) is 9.88 Å². The lowest BCUT2D eigenvalue weighted by Gasteiger charge is -2.35. The van der Waals surface area contributed by atoms with Crippen LogP contribution < -0.4 is 0 Å². The van der Waals surface area contributed by atoms with Crippen LogP contribution in [0.15, 0.2) is 5.38 Å². The summed E-state index contributed by atoms with van der Waals surface area (Å²) in [5.41, 5.74) is 1.03. The van der Waals surface area contributed by atoms with Crippen molar-refractivity contribution in [2.45, 2.75) is 63.8 Å². The molecule has 0 aliphatic carbocycles. The second-order valence-corrected chi connectivity index (χ2v) is 6.65. The summed E-state index contributed by atoms with van der Waals surface area (Å²) in [6, 6.07) is 0.841. The van der Waals surface area contributed by atoms with Crippen LogP contribution in [0.25, 0.3) is 0 Å². The van der Waals surface area contributed by atoms with Gasteiger partial charge in [0.25, 0.3) is 0 Å². The third-order valence-electron chi connectivity index (χ3n) is 3.94. The Morgan fingerprint density at radius 1 is 1.47 bits per heavy atom. The standard InChI is InChI=1S/C15H25ClN2S/c1-2-6-14-7-3-4-9-18(14)10-5-8-15-17-13(11-16)12-19-15/h12,14H,2-11H2,1H3. The number of alkyl halides is 1. The van der Waals surface area contributed by atoms with Crippen LogP contribution in [0.4, 0.5) is 0 Å². The van der Waals surface area contributed by atoms with E-state index in [2.05, 4.69) is 22.2 Å². The van der Waals surface area contributed by atoms with E-state index in [1.165, 1.54) is 56.6 Å². The molecule has 1 aliphatic heterocycles. The van der Waals surface area contributed by atoms with Gasteiger partial charge in [0.05, 0.1) is 16.6 Å². The third kappa shape index (κ3) is 4.73. The lowest BCUT2D eigenvalue weighted by molar-refractivity contribution is 0.138. The fourth-order valence-corrected chi connectivity index (χ4v) is 4.04. The van der Waals surface area contributed by atoms with Crippen molar-refractivity contribution >= 4 is 22.9 Å². The van der Waals surface area contributed by atoms with Crippen molar-refractivity contribution in [3.63, 3.8) is 0 Å². The number of rotatable bonds is 7. The Balaban J connectivity index is 1.74. The molecule has 0 N–H and O–H groups in total. The molecular weight excluding hydrogens is 276 g/mol. The number of hydrogen-bond acceptors (Lipinski definition) is 3. The molecule has 1 unspecified atom stereocenters. The van der Waals surface area contributed by atoms with Crippen LogP contribution >= 0.6 is 22.9 Å². The van der Waals surface area contributed by atoms with E-state index in [0.29, 0.717) is 5.88 Å². The molecule has 0 aromatic carbocycles. The zero-order chi connectivity index (χ0) is 13.5. The predicted octanol–water partition coefficient (Wildman–Crippen LogP) is 4.47. The fraction of sp³-hybridized carbons (Fsp3) is 0.800. The largest absolute Gasteiger partial charge is 0.300 e. The number of hydrogen-bond donors (Lipinski definition) is 0. The molecular formula is C15H25ClN2S. The highest BCUT2D eigenvalue weighted by molar-refractivity contribution is 7.09. The van der Waals surface area contributed by atoms with Gasteiger partial charge < -0.3 is 4.90 Å². The summed E-state index contributed by atoms with van der Waals surface area (Å²) < 4.78 is 0. The quantitative estimate of drug-likeness (QED) is 0.691. The van der Waals surface area contributed by atoms with E-state index in [-0.39, 0.29) is 0 Å². The summed E-state index contributed by atoms with van der Waals surface area (Å²) in [4.78, 5) is 7.25. The van der Waals surface area contributed by atoms with E-state index in [4.69, 9.17) is 11.6 Å². The van der Waals surface area contributed by atoms with Crippen molar-refractivity contribution in [2.75, 3.05) is 13.1 Å². The highest BCUT2D eigenvalue weighted by atomic mass is 35.5. The third-order valence-corrected chi connectivity index (χ3v) is 5.17. The first kappa shape index (κ1) is 15.3. The predicted molar refractivity (Wildman–Crippen MR) is 84.1 cm³/mol. The molecule has 0 amide bonds. The van der Waals surface area contributed by atoms with Crippen LogP contribution in [0.1, 0.15) is 56.2 Å². The molecule has 1 atom stereocenters. The molecule has 1 aliphatic rings. The number of piperidine rings is 1. The molecule has 0 spiro atoms. The second-order valence-electron chi connectivity index (χ2n) is 5.44. The van der Waals surface area contributed by atoms with Crippen LogP contribution in [-0.4, -0.2) is 29.0 Å². The Labute approximate surface area is 126 Å². The number of halogens is 1. The van der Waals surface area contributed by atoms with Crippen LogP contribution in [-0.2, 0) is 12.3 Å². The van der Waals surface area contributed by atoms with Crippen molar-refractivity contribution in [3.05, 3.63) is 16.1 Å². The Bertz CT molecular complexity index is 365. The molecule has 1 saturated heterocycles. The van der Waals surface area contributed by atoms with Gasteiger partial charge in [0.2, 0.25) is 0 Å². The van der Waals surface area contributed by atoms with Gasteiger partial charge in [-0.25, -0.2) is 4.98 Å². The van der Waals surface area contributed by atoms with Gasteiger partial charge in [0.15, 0.2) is 0 Å². The smallest absolute Gasteiger partial charge is 0.0929 e. The van der Waals surface area contributed by atoms with E-state index in [9.17, 15) is 0 Å². The lowest BCUT2D eigenvalue weighted by atomic mass is 9.98. The number of aromatic nitrogens is 1. The highest BCUT2D eigenvalue weighted by Gasteiger charge is 2.20. The average molecular weight is 301 g/mol. The molecule has 0 bridgehead atoms. The van der Waals surface area contributed by atoms with E-state index in [0.717, 1.165) is 18.2 Å². The summed E-state index contributed by atoms with van der Waals surface area (Å²) in [6.07, 6.45) is 9.23. The van der Waals surface area contributed by atoms with Gasteiger partial charge in [-0.05, 0) is 38.8 Å². The summed E-state index contributed by atoms with van der Waals surface area (Å²) in [5.74, 6) is 0.543. The summed E-state index contributed by atoms with van der Waals surface area (Å²) in [5, 5.41) is 3.34. The van der Waals surface area contributed by atoms with E-state index in [1.807, 2.05) is 0 Å². The molecule has 19 heavy (non-hydrogen) atoms. The maximum Gasteiger partial charge on any atom is 0.0929 e. The minimum atomic E-state index is 0.543. The fourth-order valence-electron chi connectivity index (χ4n) is 2.97. The van der Waals surface area contributed by atoms with E-state index >= 15 is 0 Å². The van der Waals surface area contributed by atoms with Crippen LogP contribution in [0.5, 0.6) is 0 Å². The van der Waals surface area contributed by atoms with E-state index < -0.39 is 0 Å². The van der Waals surface area contributed by atoms with Crippen molar-refractivity contribution in [3.8, 4) is 0 Å². The van der Waals surface area contributed by atoms with Crippen molar-refractivity contribution in [2.24, 2.45) is 0 Å². The maximum absolute atomic E-state index is 5.79. The minimum absolute atomic E-state index is 0.543. The molecule has 2 rings (SSSR count). The maximum atomic E-state index is 5.79. The topological polar surface area (TPSA) is 16.1 Å². The monoisotopic (exact) mass is 300 g/mol. The SMILES string of the molecule is CCCC1CCCCN1CCCc1nc(CCl)cs1. The first-order valence-corrected chi connectivity index (χ1v) is 8.98. The van der Waals surface area contributed by atoms with Gasteiger partial charge >= 0.3 is 0 Å². The van der Waals surface area contributed by atoms with Gasteiger partial charge in [-0.2, -0.15) is 0 Å². The number of thiazole rings is 1.